The second kappa shape index (κ2) is 5.44. The average Bonchev–Trinajstić information content (AvgIpc) is 2.46. The van der Waals surface area contributed by atoms with Crippen molar-refractivity contribution in [2.45, 2.75) is 0 Å². The molecule has 19 heavy (non-hydrogen) atoms. The van der Waals surface area contributed by atoms with Crippen LogP contribution in [0.3, 0.4) is 0 Å². The maximum absolute atomic E-state index is 8.91. The predicted octanol–water partition coefficient (Wildman–Crippen LogP) is 3.85. The maximum Gasteiger partial charge on any atom is 0.0992 e. The molecule has 2 aromatic carbocycles. The van der Waals surface area contributed by atoms with Crippen molar-refractivity contribution >= 4 is 23.0 Å². The van der Waals surface area contributed by atoms with Crippen molar-refractivity contribution in [3.8, 4) is 12.1 Å². The number of nitriles is 2. The molecule has 2 rings (SSSR count). The summed E-state index contributed by atoms with van der Waals surface area (Å²) in [7, 11) is 1.86. The Morgan fingerprint density at radius 2 is 1.68 bits per heavy atom. The standard InChI is InChI=1S/C15H10ClN3/c1-19(13-4-2-3-11(7-13)9-17)15-6-5-12(10-18)8-14(15)16/h2-8H,1H3. The number of halogens is 1. The number of hydrogen-bond acceptors (Lipinski definition) is 3. The monoisotopic (exact) mass is 267 g/mol. The maximum atomic E-state index is 8.91. The van der Waals surface area contributed by atoms with E-state index < -0.39 is 0 Å². The third-order valence-electron chi connectivity index (χ3n) is 2.80. The van der Waals surface area contributed by atoms with Gasteiger partial charge in [-0.1, -0.05) is 17.7 Å². The summed E-state index contributed by atoms with van der Waals surface area (Å²) in [6.07, 6.45) is 0. The van der Waals surface area contributed by atoms with Gasteiger partial charge in [-0.25, -0.2) is 0 Å². The van der Waals surface area contributed by atoms with E-state index in [4.69, 9.17) is 22.1 Å². The zero-order valence-corrected chi connectivity index (χ0v) is 11.0. The third-order valence-corrected chi connectivity index (χ3v) is 3.10. The second-order valence-electron chi connectivity index (χ2n) is 4.00. The van der Waals surface area contributed by atoms with Crippen LogP contribution in [0.1, 0.15) is 11.1 Å². The quantitative estimate of drug-likeness (QED) is 0.830. The summed E-state index contributed by atoms with van der Waals surface area (Å²) in [6.45, 7) is 0. The van der Waals surface area contributed by atoms with Gasteiger partial charge in [-0.05, 0) is 36.4 Å². The first-order valence-corrected chi connectivity index (χ1v) is 5.97. The zero-order valence-electron chi connectivity index (χ0n) is 10.3. The lowest BCUT2D eigenvalue weighted by Crippen LogP contribution is -2.10. The van der Waals surface area contributed by atoms with Crippen molar-refractivity contribution in [1.82, 2.24) is 0 Å². The van der Waals surface area contributed by atoms with Gasteiger partial charge in [0.25, 0.3) is 0 Å². The van der Waals surface area contributed by atoms with Crippen LogP contribution in [0.25, 0.3) is 0 Å². The van der Waals surface area contributed by atoms with Crippen LogP contribution in [0.2, 0.25) is 5.02 Å². The van der Waals surface area contributed by atoms with Crippen molar-refractivity contribution in [2.24, 2.45) is 0 Å². The van der Waals surface area contributed by atoms with Crippen LogP contribution in [-0.4, -0.2) is 7.05 Å². The van der Waals surface area contributed by atoms with E-state index in [1.54, 1.807) is 30.3 Å². The van der Waals surface area contributed by atoms with Gasteiger partial charge in [0.05, 0.1) is 34.0 Å². The molecular weight excluding hydrogens is 258 g/mol. The van der Waals surface area contributed by atoms with Crippen molar-refractivity contribution in [1.29, 1.82) is 10.5 Å². The molecule has 0 unspecified atom stereocenters. The molecule has 0 heterocycles. The molecule has 0 aliphatic heterocycles. The summed E-state index contributed by atoms with van der Waals surface area (Å²) < 4.78 is 0. The van der Waals surface area contributed by atoms with E-state index in [2.05, 4.69) is 6.07 Å². The molecule has 0 N–H and O–H groups in total. The molecule has 0 bridgehead atoms. The Balaban J connectivity index is 2.42. The lowest BCUT2D eigenvalue weighted by molar-refractivity contribution is 1.20. The predicted molar refractivity (Wildman–Crippen MR) is 75.4 cm³/mol. The van der Waals surface area contributed by atoms with Crippen molar-refractivity contribution in [3.05, 3.63) is 58.6 Å². The molecule has 92 valence electrons. The van der Waals surface area contributed by atoms with E-state index in [0.29, 0.717) is 16.1 Å². The van der Waals surface area contributed by atoms with Crippen LogP contribution < -0.4 is 4.90 Å². The molecule has 0 aliphatic carbocycles. The molecule has 0 saturated carbocycles. The number of nitrogens with zero attached hydrogens (tertiary/aromatic N) is 3. The van der Waals surface area contributed by atoms with Crippen LogP contribution in [0.5, 0.6) is 0 Å². The normalized spacial score (nSPS) is 9.47. The van der Waals surface area contributed by atoms with Crippen LogP contribution >= 0.6 is 11.6 Å². The van der Waals surface area contributed by atoms with Crippen molar-refractivity contribution in [2.75, 3.05) is 11.9 Å². The van der Waals surface area contributed by atoms with E-state index >= 15 is 0 Å². The number of rotatable bonds is 2. The fourth-order valence-electron chi connectivity index (χ4n) is 1.77. The minimum absolute atomic E-state index is 0.504. The third kappa shape index (κ3) is 2.68. The first-order chi connectivity index (χ1) is 9.15. The fraction of sp³-hybridized carbons (Fsp3) is 0.0667. The van der Waals surface area contributed by atoms with E-state index in [9.17, 15) is 0 Å². The van der Waals surface area contributed by atoms with Crippen LogP contribution in [0.4, 0.5) is 11.4 Å². The first-order valence-electron chi connectivity index (χ1n) is 5.59. The molecule has 0 aliphatic rings. The SMILES string of the molecule is CN(c1cccc(C#N)c1)c1ccc(C#N)cc1Cl. The van der Waals surface area contributed by atoms with Crippen molar-refractivity contribution in [3.63, 3.8) is 0 Å². The summed E-state index contributed by atoms with van der Waals surface area (Å²) in [6, 6.07) is 16.5. The highest BCUT2D eigenvalue weighted by Crippen LogP contribution is 2.31. The Morgan fingerprint density at radius 3 is 2.32 bits per heavy atom. The van der Waals surface area contributed by atoms with Gasteiger partial charge in [0, 0.05) is 12.7 Å². The van der Waals surface area contributed by atoms with E-state index in [0.717, 1.165) is 11.4 Å². The van der Waals surface area contributed by atoms with Gasteiger partial charge >= 0.3 is 0 Å². The molecule has 3 nitrogen and oxygen atoms in total. The lowest BCUT2D eigenvalue weighted by Gasteiger charge is -2.21. The molecule has 0 spiro atoms. The summed E-state index contributed by atoms with van der Waals surface area (Å²) in [5.41, 5.74) is 2.77. The van der Waals surface area contributed by atoms with Crippen LogP contribution in [-0.2, 0) is 0 Å². The summed E-state index contributed by atoms with van der Waals surface area (Å²) >= 11 is 6.17. The topological polar surface area (TPSA) is 50.8 Å². The highest BCUT2D eigenvalue weighted by atomic mass is 35.5. The van der Waals surface area contributed by atoms with Gasteiger partial charge in [0.1, 0.15) is 0 Å². The zero-order chi connectivity index (χ0) is 13.8. The Morgan fingerprint density at radius 1 is 1.00 bits per heavy atom. The molecule has 0 aromatic heterocycles. The number of benzene rings is 2. The van der Waals surface area contributed by atoms with E-state index in [1.165, 1.54) is 0 Å². The largest absolute Gasteiger partial charge is 0.343 e. The van der Waals surface area contributed by atoms with Crippen molar-refractivity contribution < 1.29 is 0 Å². The van der Waals surface area contributed by atoms with Crippen LogP contribution in [0.15, 0.2) is 42.5 Å². The lowest BCUT2D eigenvalue weighted by atomic mass is 10.1. The highest BCUT2D eigenvalue weighted by molar-refractivity contribution is 6.33. The fourth-order valence-corrected chi connectivity index (χ4v) is 2.08. The molecule has 4 heteroatoms. The van der Waals surface area contributed by atoms with Gasteiger partial charge in [0.2, 0.25) is 0 Å². The van der Waals surface area contributed by atoms with Gasteiger partial charge in [-0.3, -0.25) is 0 Å². The van der Waals surface area contributed by atoms with Crippen LogP contribution in [0, 0.1) is 22.7 Å². The minimum atomic E-state index is 0.504. The van der Waals surface area contributed by atoms with Gasteiger partial charge in [-0.15, -0.1) is 0 Å². The average molecular weight is 268 g/mol. The molecule has 0 radical (unpaired) electrons. The number of anilines is 2. The Kier molecular flexibility index (Phi) is 3.71. The van der Waals surface area contributed by atoms with Gasteiger partial charge < -0.3 is 4.90 Å². The molecule has 0 atom stereocenters. The highest BCUT2D eigenvalue weighted by Gasteiger charge is 2.09. The molecular formula is C15H10ClN3. The van der Waals surface area contributed by atoms with Gasteiger partial charge in [-0.2, -0.15) is 10.5 Å². The summed E-state index contributed by atoms with van der Waals surface area (Å²) in [4.78, 5) is 1.88. The Labute approximate surface area is 116 Å². The number of hydrogen-bond donors (Lipinski definition) is 0. The Bertz CT molecular complexity index is 695. The van der Waals surface area contributed by atoms with E-state index in [-0.39, 0.29) is 0 Å². The first kappa shape index (κ1) is 13.0. The minimum Gasteiger partial charge on any atom is -0.343 e. The molecule has 0 amide bonds. The van der Waals surface area contributed by atoms with Gasteiger partial charge in [0.15, 0.2) is 0 Å². The molecule has 2 aromatic rings. The molecule has 0 saturated heterocycles. The summed E-state index contributed by atoms with van der Waals surface area (Å²) in [5.74, 6) is 0. The second-order valence-corrected chi connectivity index (χ2v) is 4.41. The van der Waals surface area contributed by atoms with E-state index in [1.807, 2.05) is 30.1 Å². The molecule has 0 fully saturated rings. The summed E-state index contributed by atoms with van der Waals surface area (Å²) in [5, 5.41) is 18.2. The Hall–Kier alpha value is -2.49. The smallest absolute Gasteiger partial charge is 0.0992 e.